The third-order valence-electron chi connectivity index (χ3n) is 4.36. The fourth-order valence-electron chi connectivity index (χ4n) is 2.97. The van der Waals surface area contributed by atoms with Crippen LogP contribution in [0.25, 0.3) is 0 Å². The summed E-state index contributed by atoms with van der Waals surface area (Å²) in [6, 6.07) is 7.95. The number of nitrogens with zero attached hydrogens (tertiary/aromatic N) is 2. The van der Waals surface area contributed by atoms with Crippen LogP contribution >= 0.6 is 24.0 Å². The predicted octanol–water partition coefficient (Wildman–Crippen LogP) is 2.31. The van der Waals surface area contributed by atoms with E-state index in [1.807, 2.05) is 31.2 Å². The summed E-state index contributed by atoms with van der Waals surface area (Å²) in [5, 5.41) is 3.30. The molecule has 1 heterocycles. The van der Waals surface area contributed by atoms with Gasteiger partial charge in [-0.3, -0.25) is 9.79 Å². The standard InChI is InChI=1S/C18H27N3O3.HI/c1-13-7-5-6-8-16(13)24-10-9-20-18(19-3)21-11-14(2)15(12-21)17(22)23-4;/h5-8,14-15H,9-12H2,1-4H3,(H,19,20);1H. The van der Waals surface area contributed by atoms with E-state index in [1.54, 1.807) is 7.05 Å². The lowest BCUT2D eigenvalue weighted by Crippen LogP contribution is -2.42. The highest BCUT2D eigenvalue weighted by Gasteiger charge is 2.36. The van der Waals surface area contributed by atoms with Gasteiger partial charge in [0.1, 0.15) is 12.4 Å². The van der Waals surface area contributed by atoms with E-state index in [4.69, 9.17) is 9.47 Å². The van der Waals surface area contributed by atoms with E-state index in [-0.39, 0.29) is 41.8 Å². The van der Waals surface area contributed by atoms with Gasteiger partial charge in [0, 0.05) is 20.1 Å². The Morgan fingerprint density at radius 1 is 1.36 bits per heavy atom. The van der Waals surface area contributed by atoms with Crippen LogP contribution in [0.15, 0.2) is 29.3 Å². The minimum atomic E-state index is -0.150. The number of ether oxygens (including phenoxy) is 2. The zero-order valence-corrected chi connectivity index (χ0v) is 17.7. The molecule has 1 saturated heterocycles. The molecule has 1 N–H and O–H groups in total. The molecule has 2 rings (SSSR count). The number of likely N-dealkylation sites (tertiary alicyclic amines) is 1. The summed E-state index contributed by atoms with van der Waals surface area (Å²) in [7, 11) is 3.19. The number of benzene rings is 1. The first-order valence-corrected chi connectivity index (χ1v) is 8.28. The predicted molar refractivity (Wildman–Crippen MR) is 110 cm³/mol. The van der Waals surface area contributed by atoms with Crippen LogP contribution in [0.1, 0.15) is 12.5 Å². The average molecular weight is 461 g/mol. The van der Waals surface area contributed by atoms with Crippen LogP contribution in [0.2, 0.25) is 0 Å². The van der Waals surface area contributed by atoms with Gasteiger partial charge in [-0.15, -0.1) is 24.0 Å². The van der Waals surface area contributed by atoms with Crippen molar-refractivity contribution >= 4 is 35.9 Å². The van der Waals surface area contributed by atoms with E-state index < -0.39 is 0 Å². The number of hydrogen-bond donors (Lipinski definition) is 1. The van der Waals surface area contributed by atoms with Crippen molar-refractivity contribution in [1.29, 1.82) is 0 Å². The molecular weight excluding hydrogens is 433 g/mol. The normalized spacial score (nSPS) is 20.0. The van der Waals surface area contributed by atoms with Crippen LogP contribution in [0.3, 0.4) is 0 Å². The molecular formula is C18H28IN3O3. The van der Waals surface area contributed by atoms with Gasteiger partial charge in [-0.25, -0.2) is 0 Å². The maximum absolute atomic E-state index is 11.8. The highest BCUT2D eigenvalue weighted by molar-refractivity contribution is 14.0. The van der Waals surface area contributed by atoms with Crippen molar-refractivity contribution in [3.05, 3.63) is 29.8 Å². The summed E-state index contributed by atoms with van der Waals surface area (Å²) in [4.78, 5) is 18.2. The number of nitrogens with one attached hydrogen (secondary N) is 1. The van der Waals surface area contributed by atoms with Crippen molar-refractivity contribution in [1.82, 2.24) is 10.2 Å². The van der Waals surface area contributed by atoms with Gasteiger partial charge < -0.3 is 19.7 Å². The Balaban J connectivity index is 0.00000312. The molecule has 2 unspecified atom stereocenters. The minimum Gasteiger partial charge on any atom is -0.491 e. The lowest BCUT2D eigenvalue weighted by atomic mass is 9.99. The number of esters is 1. The summed E-state index contributed by atoms with van der Waals surface area (Å²) >= 11 is 0. The van der Waals surface area contributed by atoms with Gasteiger partial charge in [0.05, 0.1) is 19.6 Å². The molecule has 140 valence electrons. The molecule has 7 heteroatoms. The number of para-hydroxylation sites is 1. The molecule has 25 heavy (non-hydrogen) atoms. The van der Waals surface area contributed by atoms with Crippen molar-refractivity contribution in [3.63, 3.8) is 0 Å². The van der Waals surface area contributed by atoms with Crippen LogP contribution in [-0.4, -0.2) is 57.2 Å². The van der Waals surface area contributed by atoms with E-state index in [2.05, 4.69) is 22.1 Å². The smallest absolute Gasteiger partial charge is 0.310 e. The molecule has 0 radical (unpaired) electrons. The third-order valence-corrected chi connectivity index (χ3v) is 4.36. The molecule has 2 atom stereocenters. The van der Waals surface area contributed by atoms with Gasteiger partial charge in [-0.2, -0.15) is 0 Å². The van der Waals surface area contributed by atoms with E-state index >= 15 is 0 Å². The highest BCUT2D eigenvalue weighted by Crippen LogP contribution is 2.24. The van der Waals surface area contributed by atoms with E-state index in [9.17, 15) is 4.79 Å². The SMILES string of the molecule is CN=C(NCCOc1ccccc1C)N1CC(C)C(C(=O)OC)C1.I. The summed E-state index contributed by atoms with van der Waals surface area (Å²) in [6.45, 7) is 6.71. The number of aryl methyl sites for hydroxylation is 1. The van der Waals surface area contributed by atoms with Crippen molar-refractivity contribution in [2.75, 3.05) is 40.4 Å². The third kappa shape index (κ3) is 5.76. The number of methoxy groups -OCH3 is 1. The first-order chi connectivity index (χ1) is 11.6. The highest BCUT2D eigenvalue weighted by atomic mass is 127. The second kappa shape index (κ2) is 10.5. The number of aliphatic imine (C=N–C) groups is 1. The monoisotopic (exact) mass is 461 g/mol. The van der Waals surface area contributed by atoms with Gasteiger partial charge in [0.15, 0.2) is 5.96 Å². The molecule has 0 aromatic heterocycles. The van der Waals surface area contributed by atoms with Crippen molar-refractivity contribution in [3.8, 4) is 5.75 Å². The van der Waals surface area contributed by atoms with Crippen LogP contribution in [0.5, 0.6) is 5.75 Å². The maximum atomic E-state index is 11.8. The molecule has 0 spiro atoms. The van der Waals surface area contributed by atoms with Gasteiger partial charge in [-0.05, 0) is 24.5 Å². The fraction of sp³-hybridized carbons (Fsp3) is 0.556. The number of halogens is 1. The van der Waals surface area contributed by atoms with Gasteiger partial charge in [0.2, 0.25) is 0 Å². The minimum absolute atomic E-state index is 0. The van der Waals surface area contributed by atoms with Crippen LogP contribution in [0, 0.1) is 18.8 Å². The van der Waals surface area contributed by atoms with E-state index in [1.165, 1.54) is 7.11 Å². The Morgan fingerprint density at radius 3 is 2.72 bits per heavy atom. The Morgan fingerprint density at radius 2 is 2.08 bits per heavy atom. The first kappa shape index (κ1) is 21.5. The number of hydrogen-bond acceptors (Lipinski definition) is 4. The average Bonchev–Trinajstić information content (AvgIpc) is 2.97. The second-order valence-electron chi connectivity index (χ2n) is 6.10. The second-order valence-corrected chi connectivity index (χ2v) is 6.10. The number of rotatable bonds is 5. The molecule has 0 aliphatic carbocycles. The molecule has 1 aromatic carbocycles. The number of guanidine groups is 1. The van der Waals surface area contributed by atoms with E-state index in [0.717, 1.165) is 23.8 Å². The Bertz CT molecular complexity index is 595. The zero-order chi connectivity index (χ0) is 17.5. The molecule has 1 aromatic rings. The van der Waals surface area contributed by atoms with Gasteiger partial charge in [0.25, 0.3) is 0 Å². The van der Waals surface area contributed by atoms with Crippen molar-refractivity contribution in [2.24, 2.45) is 16.8 Å². The summed E-state index contributed by atoms with van der Waals surface area (Å²) < 4.78 is 10.7. The lowest BCUT2D eigenvalue weighted by Gasteiger charge is -2.21. The topological polar surface area (TPSA) is 63.2 Å². The van der Waals surface area contributed by atoms with Crippen LogP contribution < -0.4 is 10.1 Å². The Kier molecular flexibility index (Phi) is 9.02. The van der Waals surface area contributed by atoms with Crippen molar-refractivity contribution in [2.45, 2.75) is 13.8 Å². The fourth-order valence-corrected chi connectivity index (χ4v) is 2.97. The van der Waals surface area contributed by atoms with E-state index in [0.29, 0.717) is 19.7 Å². The molecule has 1 fully saturated rings. The van der Waals surface area contributed by atoms with Gasteiger partial charge in [-0.1, -0.05) is 25.1 Å². The number of carbonyl (C=O) groups excluding carboxylic acids is 1. The quantitative estimate of drug-likeness (QED) is 0.240. The number of carbonyl (C=O) groups is 1. The maximum Gasteiger partial charge on any atom is 0.310 e. The molecule has 0 bridgehead atoms. The zero-order valence-electron chi connectivity index (χ0n) is 15.3. The summed E-state index contributed by atoms with van der Waals surface area (Å²) in [5.41, 5.74) is 1.12. The Labute approximate surface area is 167 Å². The molecule has 0 saturated carbocycles. The van der Waals surface area contributed by atoms with Crippen molar-refractivity contribution < 1.29 is 14.3 Å². The summed E-state index contributed by atoms with van der Waals surface area (Å²) in [6.07, 6.45) is 0. The summed E-state index contributed by atoms with van der Waals surface area (Å²) in [5.74, 6) is 1.69. The molecule has 6 nitrogen and oxygen atoms in total. The Hall–Kier alpha value is -1.51. The van der Waals surface area contributed by atoms with Crippen LogP contribution in [-0.2, 0) is 9.53 Å². The first-order valence-electron chi connectivity index (χ1n) is 8.28. The largest absolute Gasteiger partial charge is 0.491 e. The van der Waals surface area contributed by atoms with Gasteiger partial charge >= 0.3 is 5.97 Å². The van der Waals surface area contributed by atoms with Crippen LogP contribution in [0.4, 0.5) is 0 Å². The molecule has 0 amide bonds. The molecule has 1 aliphatic rings. The molecule has 1 aliphatic heterocycles. The lowest BCUT2D eigenvalue weighted by molar-refractivity contribution is -0.145.